The first-order chi connectivity index (χ1) is 11.9. The minimum atomic E-state index is -2.83. The van der Waals surface area contributed by atoms with E-state index in [2.05, 4.69) is 4.98 Å². The van der Waals surface area contributed by atoms with Crippen molar-refractivity contribution in [2.75, 3.05) is 13.1 Å². The topological polar surface area (TPSA) is 38.1 Å². The summed E-state index contributed by atoms with van der Waals surface area (Å²) in [5, 5.41) is 1.43. The Morgan fingerprint density at radius 1 is 1.12 bits per heavy atom. The molecule has 3 heterocycles. The number of benzene rings is 1. The van der Waals surface area contributed by atoms with E-state index in [1.165, 1.54) is 0 Å². The summed E-state index contributed by atoms with van der Waals surface area (Å²) in [5.74, 6) is -3.30. The lowest BCUT2D eigenvalue weighted by molar-refractivity contribution is -0.113. The summed E-state index contributed by atoms with van der Waals surface area (Å²) in [5.41, 5.74) is 1.37. The number of pyridine rings is 1. The van der Waals surface area contributed by atoms with Gasteiger partial charge in [0.05, 0.1) is 23.1 Å². The van der Waals surface area contributed by atoms with Crippen LogP contribution in [-0.4, -0.2) is 39.4 Å². The van der Waals surface area contributed by atoms with Crippen LogP contribution >= 0.6 is 23.2 Å². The minimum Gasteiger partial charge on any atom is -0.325 e. The number of rotatable bonds is 2. The molecule has 0 saturated carbocycles. The molecule has 25 heavy (non-hydrogen) atoms. The maximum atomic E-state index is 13.1. The van der Waals surface area contributed by atoms with Crippen molar-refractivity contribution >= 4 is 40.1 Å². The molecule has 0 aliphatic carbocycles. The lowest BCUT2D eigenvalue weighted by Crippen LogP contribution is -2.58. The molecule has 1 aromatic carbocycles. The fourth-order valence-corrected chi connectivity index (χ4v) is 3.19. The number of fused-ring (bicyclic) bond motifs is 1. The highest BCUT2D eigenvalue weighted by molar-refractivity contribution is 6.42. The van der Waals surface area contributed by atoms with E-state index in [1.54, 1.807) is 47.2 Å². The van der Waals surface area contributed by atoms with Crippen molar-refractivity contribution in [3.05, 3.63) is 58.3 Å². The molecule has 0 atom stereocenters. The van der Waals surface area contributed by atoms with Gasteiger partial charge in [-0.25, -0.2) is 13.8 Å². The van der Waals surface area contributed by atoms with Gasteiger partial charge in [-0.3, -0.25) is 9.36 Å². The Bertz CT molecular complexity index is 995. The molecule has 0 spiro atoms. The molecule has 1 saturated heterocycles. The van der Waals surface area contributed by atoms with Crippen LogP contribution in [0.4, 0.5) is 8.78 Å². The molecule has 8 heteroatoms. The molecule has 0 radical (unpaired) electrons. The van der Waals surface area contributed by atoms with E-state index < -0.39 is 24.9 Å². The molecule has 1 amide bonds. The summed E-state index contributed by atoms with van der Waals surface area (Å²) in [7, 11) is 0. The van der Waals surface area contributed by atoms with E-state index in [0.29, 0.717) is 21.4 Å². The number of amides is 1. The summed E-state index contributed by atoms with van der Waals surface area (Å²) < 4.78 is 27.9. The van der Waals surface area contributed by atoms with Gasteiger partial charge in [-0.05, 0) is 36.4 Å². The van der Waals surface area contributed by atoms with Gasteiger partial charge in [-0.15, -0.1) is 0 Å². The second-order valence-electron chi connectivity index (χ2n) is 5.90. The van der Waals surface area contributed by atoms with Crippen LogP contribution in [0.15, 0.2) is 42.6 Å². The van der Waals surface area contributed by atoms with E-state index in [-0.39, 0.29) is 5.69 Å². The van der Waals surface area contributed by atoms with Crippen molar-refractivity contribution in [3.8, 4) is 5.69 Å². The fraction of sp³-hybridized carbons (Fsp3) is 0.176. The summed E-state index contributed by atoms with van der Waals surface area (Å²) in [6.45, 7) is -1.16. The zero-order valence-corrected chi connectivity index (χ0v) is 14.2. The lowest BCUT2D eigenvalue weighted by atomic mass is 10.1. The number of likely N-dealkylation sites (tertiary alicyclic amines) is 1. The molecular weight excluding hydrogens is 371 g/mol. The standard InChI is InChI=1S/C17H11Cl2F2N3O/c18-12-4-3-11(7-13(12)19)24-14(6-10-2-1-5-22-15(10)24)16(25)23-8-17(20,21)9-23/h1-7H,8-9H2. The highest BCUT2D eigenvalue weighted by Crippen LogP contribution is 2.32. The van der Waals surface area contributed by atoms with Crippen LogP contribution in [0.3, 0.4) is 0 Å². The quantitative estimate of drug-likeness (QED) is 0.658. The van der Waals surface area contributed by atoms with Crippen molar-refractivity contribution in [1.82, 2.24) is 14.5 Å². The van der Waals surface area contributed by atoms with Crippen LogP contribution in [0, 0.1) is 0 Å². The normalized spacial score (nSPS) is 16.1. The third kappa shape index (κ3) is 2.75. The highest BCUT2D eigenvalue weighted by atomic mass is 35.5. The van der Waals surface area contributed by atoms with E-state index >= 15 is 0 Å². The molecular formula is C17H11Cl2F2N3O. The number of hydrogen-bond acceptors (Lipinski definition) is 2. The largest absolute Gasteiger partial charge is 0.325 e. The SMILES string of the molecule is O=C(c1cc2cccnc2n1-c1ccc(Cl)c(Cl)c1)N1CC(F)(F)C1. The van der Waals surface area contributed by atoms with Gasteiger partial charge >= 0.3 is 0 Å². The Kier molecular flexibility index (Phi) is 3.70. The fourth-order valence-electron chi connectivity index (χ4n) is 2.90. The number of halogens is 4. The maximum absolute atomic E-state index is 13.1. The highest BCUT2D eigenvalue weighted by Gasteiger charge is 2.47. The molecule has 0 bridgehead atoms. The maximum Gasteiger partial charge on any atom is 0.282 e. The smallest absolute Gasteiger partial charge is 0.282 e. The summed E-state index contributed by atoms with van der Waals surface area (Å²) in [6, 6.07) is 10.1. The van der Waals surface area contributed by atoms with Gasteiger partial charge in [0.1, 0.15) is 11.3 Å². The van der Waals surface area contributed by atoms with Crippen LogP contribution in [0.25, 0.3) is 16.7 Å². The molecule has 0 unspecified atom stereocenters. The number of carbonyl (C=O) groups excluding carboxylic acids is 1. The van der Waals surface area contributed by atoms with Crippen LogP contribution in [0.1, 0.15) is 10.5 Å². The Hall–Kier alpha value is -2.18. The van der Waals surface area contributed by atoms with Gasteiger partial charge in [0, 0.05) is 17.3 Å². The van der Waals surface area contributed by atoms with Crippen molar-refractivity contribution in [3.63, 3.8) is 0 Å². The van der Waals surface area contributed by atoms with Crippen molar-refractivity contribution in [2.45, 2.75) is 5.92 Å². The summed E-state index contributed by atoms with van der Waals surface area (Å²) in [4.78, 5) is 18.1. The van der Waals surface area contributed by atoms with E-state index in [9.17, 15) is 13.6 Å². The summed E-state index contributed by atoms with van der Waals surface area (Å²) in [6.07, 6.45) is 1.60. The first kappa shape index (κ1) is 16.3. The third-order valence-corrected chi connectivity index (χ3v) is 4.81. The van der Waals surface area contributed by atoms with E-state index in [1.807, 2.05) is 0 Å². The van der Waals surface area contributed by atoms with Gasteiger partial charge in [-0.1, -0.05) is 23.2 Å². The second-order valence-corrected chi connectivity index (χ2v) is 6.71. The zero-order chi connectivity index (χ0) is 17.8. The van der Waals surface area contributed by atoms with Crippen LogP contribution in [-0.2, 0) is 0 Å². The van der Waals surface area contributed by atoms with Crippen molar-refractivity contribution in [2.24, 2.45) is 0 Å². The average Bonchev–Trinajstić information content (AvgIpc) is 2.94. The van der Waals surface area contributed by atoms with E-state index in [4.69, 9.17) is 23.2 Å². The Labute approximate surface area is 151 Å². The summed E-state index contributed by atoms with van der Waals surface area (Å²) >= 11 is 12.1. The van der Waals surface area contributed by atoms with Crippen LogP contribution in [0.5, 0.6) is 0 Å². The minimum absolute atomic E-state index is 0.252. The molecule has 128 valence electrons. The predicted molar refractivity (Wildman–Crippen MR) is 91.9 cm³/mol. The van der Waals surface area contributed by atoms with Crippen molar-refractivity contribution in [1.29, 1.82) is 0 Å². The monoisotopic (exact) mass is 381 g/mol. The predicted octanol–water partition coefficient (Wildman–Crippen LogP) is 4.42. The number of alkyl halides is 2. The van der Waals surface area contributed by atoms with E-state index in [0.717, 1.165) is 10.3 Å². The van der Waals surface area contributed by atoms with Gasteiger partial charge in [0.25, 0.3) is 11.8 Å². The molecule has 4 nitrogen and oxygen atoms in total. The van der Waals surface area contributed by atoms with Crippen molar-refractivity contribution < 1.29 is 13.6 Å². The van der Waals surface area contributed by atoms with Gasteiger partial charge < -0.3 is 4.90 Å². The molecule has 1 aliphatic heterocycles. The number of carbonyl (C=O) groups is 1. The molecule has 4 rings (SSSR count). The van der Waals surface area contributed by atoms with Gasteiger partial charge in [0.15, 0.2) is 0 Å². The van der Waals surface area contributed by atoms with Gasteiger partial charge in [-0.2, -0.15) is 0 Å². The molecule has 0 N–H and O–H groups in total. The lowest BCUT2D eigenvalue weighted by Gasteiger charge is -2.38. The molecule has 1 fully saturated rings. The van der Waals surface area contributed by atoms with Gasteiger partial charge in [0.2, 0.25) is 0 Å². The average molecular weight is 382 g/mol. The Morgan fingerprint density at radius 3 is 2.56 bits per heavy atom. The third-order valence-electron chi connectivity index (χ3n) is 4.07. The molecule has 1 aliphatic rings. The van der Waals surface area contributed by atoms with Crippen LogP contribution < -0.4 is 0 Å². The first-order valence-corrected chi connectivity index (χ1v) is 8.20. The Morgan fingerprint density at radius 2 is 1.88 bits per heavy atom. The second kappa shape index (κ2) is 5.68. The number of hydrogen-bond donors (Lipinski definition) is 0. The first-order valence-electron chi connectivity index (χ1n) is 7.45. The Balaban J connectivity index is 1.86. The van der Waals surface area contributed by atoms with Crippen LogP contribution in [0.2, 0.25) is 10.0 Å². The molecule has 3 aromatic rings. The zero-order valence-electron chi connectivity index (χ0n) is 12.7. The molecule has 2 aromatic heterocycles. The number of aromatic nitrogens is 2. The number of nitrogens with zero attached hydrogens (tertiary/aromatic N) is 3.